The zero-order chi connectivity index (χ0) is 10.7. The molecule has 0 saturated heterocycles. The Morgan fingerprint density at radius 2 is 2.00 bits per heavy atom. The zero-order valence-electron chi connectivity index (χ0n) is 8.30. The Balaban J connectivity index is 3.07. The fourth-order valence-corrected chi connectivity index (χ4v) is 1.24. The van der Waals surface area contributed by atoms with E-state index in [0.29, 0.717) is 12.3 Å². The van der Waals surface area contributed by atoms with Crippen LogP contribution in [0.15, 0.2) is 22.0 Å². The Bertz CT molecular complexity index is 422. The summed E-state index contributed by atoms with van der Waals surface area (Å²) in [6, 6.07) is 0. The third-order valence-electron chi connectivity index (χ3n) is 2.05. The van der Waals surface area contributed by atoms with Gasteiger partial charge in [-0.15, -0.1) is 0 Å². The maximum Gasteiger partial charge on any atom is 0.316 e. The standard InChI is InChI=1S/C9H14N2O2S/c1-7(6-14)5-11-4-3-10(2)8(12)9(11)13/h3-4,7,14H,5-6H2,1-2H3. The lowest BCUT2D eigenvalue weighted by molar-refractivity contribution is 0.509. The molecule has 1 heterocycles. The van der Waals surface area contributed by atoms with Gasteiger partial charge < -0.3 is 9.13 Å². The van der Waals surface area contributed by atoms with E-state index in [2.05, 4.69) is 12.6 Å². The van der Waals surface area contributed by atoms with Gasteiger partial charge in [-0.1, -0.05) is 6.92 Å². The molecule has 0 saturated carbocycles. The lowest BCUT2D eigenvalue weighted by Crippen LogP contribution is -2.40. The van der Waals surface area contributed by atoms with E-state index in [-0.39, 0.29) is 5.92 Å². The number of rotatable bonds is 3. The third kappa shape index (κ3) is 2.29. The SMILES string of the molecule is CC(CS)Cn1ccn(C)c(=O)c1=O. The molecular weight excluding hydrogens is 200 g/mol. The zero-order valence-corrected chi connectivity index (χ0v) is 9.20. The van der Waals surface area contributed by atoms with Gasteiger partial charge in [-0.05, 0) is 11.7 Å². The molecule has 1 rings (SSSR count). The van der Waals surface area contributed by atoms with Crippen LogP contribution in [0.3, 0.4) is 0 Å². The second-order valence-electron chi connectivity index (χ2n) is 3.46. The number of nitrogens with zero attached hydrogens (tertiary/aromatic N) is 2. The quantitative estimate of drug-likeness (QED) is 0.573. The molecule has 1 unspecified atom stereocenters. The van der Waals surface area contributed by atoms with E-state index in [1.165, 1.54) is 9.13 Å². The predicted molar refractivity (Wildman–Crippen MR) is 59.0 cm³/mol. The summed E-state index contributed by atoms with van der Waals surface area (Å²) < 4.78 is 2.72. The van der Waals surface area contributed by atoms with Crippen molar-refractivity contribution in [2.24, 2.45) is 13.0 Å². The second kappa shape index (κ2) is 4.50. The molecule has 14 heavy (non-hydrogen) atoms. The molecule has 1 aromatic heterocycles. The third-order valence-corrected chi connectivity index (χ3v) is 2.68. The van der Waals surface area contributed by atoms with Gasteiger partial charge in [0.25, 0.3) is 0 Å². The summed E-state index contributed by atoms with van der Waals surface area (Å²) in [5, 5.41) is 0. The lowest BCUT2D eigenvalue weighted by Gasteiger charge is -2.10. The highest BCUT2D eigenvalue weighted by Gasteiger charge is 2.05. The first-order valence-electron chi connectivity index (χ1n) is 4.43. The molecule has 78 valence electrons. The summed E-state index contributed by atoms with van der Waals surface area (Å²) in [6.45, 7) is 2.52. The summed E-state index contributed by atoms with van der Waals surface area (Å²) in [7, 11) is 1.57. The van der Waals surface area contributed by atoms with Gasteiger partial charge in [0.1, 0.15) is 0 Å². The Morgan fingerprint density at radius 3 is 2.57 bits per heavy atom. The smallest absolute Gasteiger partial charge is 0.312 e. The molecule has 5 heteroatoms. The monoisotopic (exact) mass is 214 g/mol. The fraction of sp³-hybridized carbons (Fsp3) is 0.556. The average molecular weight is 214 g/mol. The average Bonchev–Trinajstić information content (AvgIpc) is 2.19. The molecule has 1 atom stereocenters. The van der Waals surface area contributed by atoms with E-state index in [4.69, 9.17) is 0 Å². The largest absolute Gasteiger partial charge is 0.316 e. The van der Waals surface area contributed by atoms with Crippen molar-refractivity contribution in [1.82, 2.24) is 9.13 Å². The van der Waals surface area contributed by atoms with Gasteiger partial charge in [0, 0.05) is 26.0 Å². The van der Waals surface area contributed by atoms with Crippen LogP contribution in [0.2, 0.25) is 0 Å². The summed E-state index contributed by atoms with van der Waals surface area (Å²) in [4.78, 5) is 22.7. The Hall–Kier alpha value is -0.970. The van der Waals surface area contributed by atoms with Gasteiger partial charge in [0.2, 0.25) is 0 Å². The molecule has 0 aliphatic carbocycles. The lowest BCUT2D eigenvalue weighted by atomic mass is 10.2. The van der Waals surface area contributed by atoms with Gasteiger partial charge in [-0.3, -0.25) is 9.59 Å². The van der Waals surface area contributed by atoms with Crippen molar-refractivity contribution < 1.29 is 0 Å². The molecule has 0 aliphatic rings. The summed E-state index contributed by atoms with van der Waals surface area (Å²) in [5.74, 6) is 0.977. The van der Waals surface area contributed by atoms with E-state index in [1.807, 2.05) is 6.92 Å². The molecule has 0 fully saturated rings. The molecule has 4 nitrogen and oxygen atoms in total. The molecule has 0 bridgehead atoms. The Labute approximate surface area is 87.6 Å². The van der Waals surface area contributed by atoms with E-state index >= 15 is 0 Å². The Kier molecular flexibility index (Phi) is 3.57. The number of hydrogen-bond donors (Lipinski definition) is 1. The van der Waals surface area contributed by atoms with Crippen LogP contribution in [-0.4, -0.2) is 14.9 Å². The van der Waals surface area contributed by atoms with Crippen LogP contribution in [0.4, 0.5) is 0 Å². The topological polar surface area (TPSA) is 44.0 Å². The maximum atomic E-state index is 11.4. The molecule has 0 N–H and O–H groups in total. The maximum absolute atomic E-state index is 11.4. The first kappa shape index (κ1) is 11.1. The van der Waals surface area contributed by atoms with E-state index in [0.717, 1.165) is 0 Å². The molecule has 0 radical (unpaired) electrons. The van der Waals surface area contributed by atoms with Crippen molar-refractivity contribution in [1.29, 1.82) is 0 Å². The summed E-state index contributed by atoms with van der Waals surface area (Å²) >= 11 is 4.13. The van der Waals surface area contributed by atoms with Crippen LogP contribution >= 0.6 is 12.6 Å². The van der Waals surface area contributed by atoms with Crippen LogP contribution in [0, 0.1) is 5.92 Å². The molecule has 0 amide bonds. The van der Waals surface area contributed by atoms with Crippen molar-refractivity contribution in [2.75, 3.05) is 5.75 Å². The number of aryl methyl sites for hydroxylation is 1. The first-order valence-corrected chi connectivity index (χ1v) is 5.06. The molecule has 0 aliphatic heterocycles. The second-order valence-corrected chi connectivity index (χ2v) is 3.82. The van der Waals surface area contributed by atoms with Gasteiger partial charge in [-0.2, -0.15) is 12.6 Å². The van der Waals surface area contributed by atoms with E-state index < -0.39 is 11.1 Å². The van der Waals surface area contributed by atoms with Crippen molar-refractivity contribution in [3.05, 3.63) is 33.1 Å². The molecule has 0 aromatic carbocycles. The van der Waals surface area contributed by atoms with Crippen molar-refractivity contribution in [3.8, 4) is 0 Å². The predicted octanol–water partition coefficient (Wildman–Crippen LogP) is 0.113. The highest BCUT2D eigenvalue weighted by molar-refractivity contribution is 7.80. The number of thiol groups is 1. The van der Waals surface area contributed by atoms with Crippen LogP contribution < -0.4 is 11.1 Å². The summed E-state index contributed by atoms with van der Waals surface area (Å²) in [5.41, 5.74) is -0.956. The van der Waals surface area contributed by atoms with Gasteiger partial charge in [0.15, 0.2) is 0 Å². The minimum absolute atomic E-state index is 0.281. The van der Waals surface area contributed by atoms with Crippen LogP contribution in [-0.2, 0) is 13.6 Å². The molecule has 1 aromatic rings. The highest BCUT2D eigenvalue weighted by atomic mass is 32.1. The van der Waals surface area contributed by atoms with Gasteiger partial charge >= 0.3 is 11.1 Å². The number of aromatic nitrogens is 2. The highest BCUT2D eigenvalue weighted by Crippen LogP contribution is 1.99. The van der Waals surface area contributed by atoms with Crippen LogP contribution in [0.5, 0.6) is 0 Å². The molecular formula is C9H14N2O2S. The fourth-order valence-electron chi connectivity index (χ4n) is 1.13. The van der Waals surface area contributed by atoms with Crippen molar-refractivity contribution in [3.63, 3.8) is 0 Å². The van der Waals surface area contributed by atoms with Crippen LogP contribution in [0.25, 0.3) is 0 Å². The first-order chi connectivity index (χ1) is 6.56. The molecule has 0 spiro atoms. The minimum atomic E-state index is -0.487. The van der Waals surface area contributed by atoms with E-state index in [9.17, 15) is 9.59 Å². The van der Waals surface area contributed by atoms with Crippen molar-refractivity contribution in [2.45, 2.75) is 13.5 Å². The van der Waals surface area contributed by atoms with E-state index in [1.54, 1.807) is 19.4 Å². The van der Waals surface area contributed by atoms with Gasteiger partial charge in [-0.25, -0.2) is 0 Å². The van der Waals surface area contributed by atoms with Crippen LogP contribution in [0.1, 0.15) is 6.92 Å². The Morgan fingerprint density at radius 1 is 1.36 bits per heavy atom. The van der Waals surface area contributed by atoms with Crippen molar-refractivity contribution >= 4 is 12.6 Å². The summed E-state index contributed by atoms with van der Waals surface area (Å²) in [6.07, 6.45) is 3.22. The van der Waals surface area contributed by atoms with Gasteiger partial charge in [0.05, 0.1) is 0 Å². The normalized spacial score (nSPS) is 12.8. The minimum Gasteiger partial charge on any atom is -0.312 e. The number of hydrogen-bond acceptors (Lipinski definition) is 3.